The minimum Gasteiger partial charge on any atom is -0.480 e. The fraction of sp³-hybridized carbons (Fsp3) is 0.556. The lowest BCUT2D eigenvalue weighted by Gasteiger charge is -2.05. The molecule has 0 saturated carbocycles. The van der Waals surface area contributed by atoms with Crippen LogP contribution < -0.4 is 4.74 Å². The van der Waals surface area contributed by atoms with Crippen molar-refractivity contribution < 1.29 is 23.0 Å². The van der Waals surface area contributed by atoms with Gasteiger partial charge in [-0.3, -0.25) is 0 Å². The smallest absolute Gasteiger partial charge is 0.356 e. The molecule has 0 N–H and O–H groups in total. The first-order chi connectivity index (χ1) is 7.58. The average Bonchev–Trinajstić information content (AvgIpc) is 2.60. The minimum atomic E-state index is -2.60. The van der Waals surface area contributed by atoms with Gasteiger partial charge < -0.3 is 9.47 Å². The molecule has 1 rings (SSSR count). The maximum Gasteiger partial charge on any atom is 0.356 e. The predicted octanol–water partition coefficient (Wildman–Crippen LogP) is 1.33. The van der Waals surface area contributed by atoms with E-state index in [-0.39, 0.29) is 18.2 Å². The van der Waals surface area contributed by atoms with Crippen LogP contribution in [-0.4, -0.2) is 35.9 Å². The highest BCUT2D eigenvalue weighted by Gasteiger charge is 2.19. The van der Waals surface area contributed by atoms with Crippen molar-refractivity contribution in [1.82, 2.24) is 9.78 Å². The first kappa shape index (κ1) is 12.4. The van der Waals surface area contributed by atoms with Crippen LogP contribution in [0.15, 0.2) is 6.07 Å². The largest absolute Gasteiger partial charge is 0.480 e. The van der Waals surface area contributed by atoms with Gasteiger partial charge in [-0.25, -0.2) is 18.3 Å². The summed E-state index contributed by atoms with van der Waals surface area (Å²) < 4.78 is 34.8. The summed E-state index contributed by atoms with van der Waals surface area (Å²) in [6, 6.07) is 1.26. The Balaban J connectivity index is 2.95. The summed E-state index contributed by atoms with van der Waals surface area (Å²) in [5, 5.41) is 3.69. The van der Waals surface area contributed by atoms with Crippen molar-refractivity contribution in [3.8, 4) is 5.88 Å². The molecule has 90 valence electrons. The Morgan fingerprint density at radius 3 is 2.81 bits per heavy atom. The number of carbonyl (C=O) groups excluding carboxylic acids is 1. The van der Waals surface area contributed by atoms with Gasteiger partial charge in [0, 0.05) is 6.07 Å². The maximum absolute atomic E-state index is 12.2. The molecule has 5 nitrogen and oxygen atoms in total. The Labute approximate surface area is 90.9 Å². The molecule has 0 fully saturated rings. The van der Waals surface area contributed by atoms with Crippen LogP contribution in [-0.2, 0) is 11.3 Å². The molecular formula is C9H12F2N2O3. The number of aromatic nitrogens is 2. The number of carbonyl (C=O) groups is 1. The highest BCUT2D eigenvalue weighted by atomic mass is 19.3. The zero-order valence-corrected chi connectivity index (χ0v) is 8.94. The number of rotatable bonds is 5. The molecule has 1 heterocycles. The Hall–Kier alpha value is -1.66. The van der Waals surface area contributed by atoms with E-state index >= 15 is 0 Å². The topological polar surface area (TPSA) is 53.4 Å². The highest BCUT2D eigenvalue weighted by molar-refractivity contribution is 5.87. The fourth-order valence-electron chi connectivity index (χ4n) is 1.13. The van der Waals surface area contributed by atoms with Crippen LogP contribution in [0.25, 0.3) is 0 Å². The Bertz CT molecular complexity index is 366. The van der Waals surface area contributed by atoms with Gasteiger partial charge in [-0.1, -0.05) is 0 Å². The molecular weight excluding hydrogens is 222 g/mol. The standard InChI is InChI=1S/C9H12F2N2O3/c1-3-16-9(14)6-4-8(15-2)12-13(6)5-7(10)11/h4,7H,3,5H2,1-2H3. The van der Waals surface area contributed by atoms with Crippen molar-refractivity contribution in [2.75, 3.05) is 13.7 Å². The van der Waals surface area contributed by atoms with Crippen molar-refractivity contribution in [3.05, 3.63) is 11.8 Å². The summed E-state index contributed by atoms with van der Waals surface area (Å²) in [4.78, 5) is 11.4. The number of hydrogen-bond donors (Lipinski definition) is 0. The van der Waals surface area contributed by atoms with E-state index < -0.39 is 18.9 Å². The van der Waals surface area contributed by atoms with Crippen molar-refractivity contribution >= 4 is 5.97 Å². The second-order valence-corrected chi connectivity index (χ2v) is 2.87. The van der Waals surface area contributed by atoms with Crippen molar-refractivity contribution in [2.45, 2.75) is 19.9 Å². The summed E-state index contributed by atoms with van der Waals surface area (Å²) in [5.74, 6) is -0.595. The van der Waals surface area contributed by atoms with E-state index in [2.05, 4.69) is 5.10 Å². The van der Waals surface area contributed by atoms with Crippen LogP contribution in [0.5, 0.6) is 5.88 Å². The Kier molecular flexibility index (Phi) is 4.21. The SMILES string of the molecule is CCOC(=O)c1cc(OC)nn1CC(F)F. The second kappa shape index (κ2) is 5.43. The van der Waals surface area contributed by atoms with Crippen LogP contribution in [0.1, 0.15) is 17.4 Å². The number of halogens is 2. The van der Waals surface area contributed by atoms with Crippen LogP contribution in [0.4, 0.5) is 8.78 Å². The third-order valence-electron chi connectivity index (χ3n) is 1.76. The van der Waals surface area contributed by atoms with Gasteiger partial charge in [0.2, 0.25) is 5.88 Å². The Morgan fingerprint density at radius 2 is 2.31 bits per heavy atom. The fourth-order valence-corrected chi connectivity index (χ4v) is 1.13. The first-order valence-corrected chi connectivity index (χ1v) is 4.65. The predicted molar refractivity (Wildman–Crippen MR) is 50.7 cm³/mol. The van der Waals surface area contributed by atoms with E-state index in [1.54, 1.807) is 6.92 Å². The summed E-state index contributed by atoms with van der Waals surface area (Å²) in [5.41, 5.74) is -0.0426. The summed E-state index contributed by atoms with van der Waals surface area (Å²) in [6.07, 6.45) is -2.60. The highest BCUT2D eigenvalue weighted by Crippen LogP contribution is 2.14. The number of ether oxygens (including phenoxy) is 2. The molecule has 0 atom stereocenters. The third kappa shape index (κ3) is 2.91. The van der Waals surface area contributed by atoms with E-state index in [4.69, 9.17) is 9.47 Å². The van der Waals surface area contributed by atoms with Gasteiger partial charge in [-0.15, -0.1) is 5.10 Å². The monoisotopic (exact) mass is 234 g/mol. The lowest BCUT2D eigenvalue weighted by molar-refractivity contribution is 0.0502. The summed E-state index contributed by atoms with van der Waals surface area (Å²) in [6.45, 7) is 1.13. The number of esters is 1. The van der Waals surface area contributed by atoms with E-state index in [1.807, 2.05) is 0 Å². The van der Waals surface area contributed by atoms with Gasteiger partial charge >= 0.3 is 5.97 Å². The zero-order valence-electron chi connectivity index (χ0n) is 8.94. The molecule has 0 amide bonds. The lowest BCUT2D eigenvalue weighted by Crippen LogP contribution is -2.16. The second-order valence-electron chi connectivity index (χ2n) is 2.87. The molecule has 1 aromatic heterocycles. The molecule has 16 heavy (non-hydrogen) atoms. The maximum atomic E-state index is 12.2. The summed E-state index contributed by atoms with van der Waals surface area (Å²) in [7, 11) is 1.34. The zero-order chi connectivity index (χ0) is 12.1. The van der Waals surface area contributed by atoms with E-state index in [0.717, 1.165) is 4.68 Å². The van der Waals surface area contributed by atoms with Gasteiger partial charge in [0.05, 0.1) is 13.7 Å². The molecule has 0 aromatic carbocycles. The molecule has 0 aliphatic rings. The van der Waals surface area contributed by atoms with E-state index in [9.17, 15) is 13.6 Å². The Morgan fingerprint density at radius 1 is 1.62 bits per heavy atom. The molecule has 0 saturated heterocycles. The molecule has 0 bridgehead atoms. The molecule has 0 radical (unpaired) electrons. The van der Waals surface area contributed by atoms with Gasteiger partial charge in [0.1, 0.15) is 6.54 Å². The molecule has 0 aliphatic heterocycles. The van der Waals surface area contributed by atoms with Gasteiger partial charge in [-0.05, 0) is 6.92 Å². The average molecular weight is 234 g/mol. The van der Waals surface area contributed by atoms with Gasteiger partial charge in [0.15, 0.2) is 5.69 Å². The van der Waals surface area contributed by atoms with Crippen molar-refractivity contribution in [2.24, 2.45) is 0 Å². The molecule has 1 aromatic rings. The summed E-state index contributed by atoms with van der Waals surface area (Å²) >= 11 is 0. The molecule has 0 aliphatic carbocycles. The van der Waals surface area contributed by atoms with Crippen LogP contribution in [0.3, 0.4) is 0 Å². The number of hydrogen-bond acceptors (Lipinski definition) is 4. The van der Waals surface area contributed by atoms with Crippen molar-refractivity contribution in [3.63, 3.8) is 0 Å². The quantitative estimate of drug-likeness (QED) is 0.721. The number of methoxy groups -OCH3 is 1. The lowest BCUT2D eigenvalue weighted by atomic mass is 10.4. The minimum absolute atomic E-state index is 0.0426. The molecule has 0 spiro atoms. The third-order valence-corrected chi connectivity index (χ3v) is 1.76. The van der Waals surface area contributed by atoms with Crippen LogP contribution in [0, 0.1) is 0 Å². The number of nitrogens with zero attached hydrogens (tertiary/aromatic N) is 2. The molecule has 0 unspecified atom stereocenters. The van der Waals surface area contributed by atoms with Crippen LogP contribution >= 0.6 is 0 Å². The van der Waals surface area contributed by atoms with E-state index in [0.29, 0.717) is 0 Å². The first-order valence-electron chi connectivity index (χ1n) is 4.65. The van der Waals surface area contributed by atoms with Gasteiger partial charge in [0.25, 0.3) is 6.43 Å². The van der Waals surface area contributed by atoms with Crippen LogP contribution in [0.2, 0.25) is 0 Å². The molecule has 7 heteroatoms. The number of alkyl halides is 2. The van der Waals surface area contributed by atoms with E-state index in [1.165, 1.54) is 13.2 Å². The van der Waals surface area contributed by atoms with Gasteiger partial charge in [-0.2, -0.15) is 0 Å². The van der Waals surface area contributed by atoms with Crippen molar-refractivity contribution in [1.29, 1.82) is 0 Å². The normalized spacial score (nSPS) is 10.6.